The molecule has 7 heteroatoms. The molecule has 0 bridgehead atoms. The predicted molar refractivity (Wildman–Crippen MR) is 108 cm³/mol. The molecule has 0 fully saturated rings. The van der Waals surface area contributed by atoms with Gasteiger partial charge in [0.25, 0.3) is 0 Å². The van der Waals surface area contributed by atoms with Gasteiger partial charge in [0.05, 0.1) is 12.1 Å². The molecule has 30 heavy (non-hydrogen) atoms. The van der Waals surface area contributed by atoms with Crippen LogP contribution in [-0.2, 0) is 12.0 Å². The number of hydrogen-bond donors (Lipinski definition) is 1. The lowest BCUT2D eigenvalue weighted by atomic mass is 9.74. The van der Waals surface area contributed by atoms with Crippen molar-refractivity contribution >= 4 is 10.9 Å². The third-order valence-corrected chi connectivity index (χ3v) is 5.49. The molecule has 0 aliphatic rings. The second-order valence-corrected chi connectivity index (χ2v) is 8.38. The van der Waals surface area contributed by atoms with Gasteiger partial charge in [-0.1, -0.05) is 38.1 Å². The Morgan fingerprint density at radius 1 is 1.00 bits per heavy atom. The second-order valence-electron chi connectivity index (χ2n) is 8.38. The standard InChI is InChI=1S/C23H23F4NO2/c1-15-12-28(19-7-5-4-6-18(19)20(15)29)14-22(30,23(25,26)27)13-21(2,3)16-8-10-17(24)11-9-16/h4-12,30H,13-14H2,1-3H3. The van der Waals surface area contributed by atoms with Crippen LogP contribution in [0.15, 0.2) is 59.5 Å². The van der Waals surface area contributed by atoms with Gasteiger partial charge in [-0.3, -0.25) is 4.79 Å². The van der Waals surface area contributed by atoms with Crippen LogP contribution < -0.4 is 5.43 Å². The van der Waals surface area contributed by atoms with Gasteiger partial charge in [-0.25, -0.2) is 4.39 Å². The molecular formula is C23H23F4NO2. The van der Waals surface area contributed by atoms with E-state index >= 15 is 0 Å². The summed E-state index contributed by atoms with van der Waals surface area (Å²) >= 11 is 0. The monoisotopic (exact) mass is 421 g/mol. The summed E-state index contributed by atoms with van der Waals surface area (Å²) in [5.74, 6) is -0.490. The second kappa shape index (κ2) is 7.54. The molecule has 0 aliphatic carbocycles. The van der Waals surface area contributed by atoms with Crippen LogP contribution in [0.3, 0.4) is 0 Å². The summed E-state index contributed by atoms with van der Waals surface area (Å²) in [5, 5.41) is 11.2. The van der Waals surface area contributed by atoms with Crippen molar-refractivity contribution in [2.45, 2.75) is 50.9 Å². The Kier molecular flexibility index (Phi) is 5.54. The molecule has 1 atom stereocenters. The number of aryl methyl sites for hydroxylation is 1. The lowest BCUT2D eigenvalue weighted by Gasteiger charge is -2.38. The van der Waals surface area contributed by atoms with Crippen LogP contribution in [0.1, 0.15) is 31.4 Å². The van der Waals surface area contributed by atoms with Crippen LogP contribution in [-0.4, -0.2) is 21.5 Å². The average molecular weight is 421 g/mol. The van der Waals surface area contributed by atoms with E-state index < -0.39 is 36.0 Å². The largest absolute Gasteiger partial charge is 0.418 e. The van der Waals surface area contributed by atoms with E-state index in [2.05, 4.69) is 0 Å². The molecule has 1 aromatic heterocycles. The van der Waals surface area contributed by atoms with Gasteiger partial charge in [-0.05, 0) is 48.6 Å². The zero-order valence-electron chi connectivity index (χ0n) is 16.9. The summed E-state index contributed by atoms with van der Waals surface area (Å²) in [5.41, 5.74) is -3.35. The molecule has 0 radical (unpaired) electrons. The van der Waals surface area contributed by atoms with Gasteiger partial charge in [0.15, 0.2) is 11.0 Å². The third kappa shape index (κ3) is 4.12. The molecule has 3 rings (SSSR count). The van der Waals surface area contributed by atoms with Gasteiger partial charge >= 0.3 is 6.18 Å². The minimum Gasteiger partial charge on any atom is -0.379 e. The van der Waals surface area contributed by atoms with Crippen molar-refractivity contribution in [3.63, 3.8) is 0 Å². The van der Waals surface area contributed by atoms with Crippen LogP contribution in [0, 0.1) is 12.7 Å². The molecule has 1 unspecified atom stereocenters. The zero-order valence-corrected chi connectivity index (χ0v) is 16.9. The minimum atomic E-state index is -4.93. The lowest BCUT2D eigenvalue weighted by Crippen LogP contribution is -2.52. The predicted octanol–water partition coefficient (Wildman–Crippen LogP) is 5.11. The number of benzene rings is 2. The third-order valence-electron chi connectivity index (χ3n) is 5.49. The van der Waals surface area contributed by atoms with E-state index in [-0.39, 0.29) is 11.0 Å². The summed E-state index contributed by atoms with van der Waals surface area (Å²) < 4.78 is 56.8. The highest BCUT2D eigenvalue weighted by molar-refractivity contribution is 5.79. The van der Waals surface area contributed by atoms with Crippen molar-refractivity contribution < 1.29 is 22.7 Å². The first-order valence-electron chi connectivity index (χ1n) is 9.48. The van der Waals surface area contributed by atoms with Crippen LogP contribution in [0.4, 0.5) is 17.6 Å². The van der Waals surface area contributed by atoms with E-state index in [1.165, 1.54) is 42.0 Å². The Balaban J connectivity index is 2.07. The van der Waals surface area contributed by atoms with Gasteiger partial charge in [-0.2, -0.15) is 13.2 Å². The van der Waals surface area contributed by atoms with Crippen molar-refractivity contribution in [2.75, 3.05) is 0 Å². The topological polar surface area (TPSA) is 42.2 Å². The highest BCUT2D eigenvalue weighted by atomic mass is 19.4. The first-order chi connectivity index (χ1) is 13.8. The van der Waals surface area contributed by atoms with Crippen molar-refractivity contribution in [3.8, 4) is 0 Å². The number of rotatable bonds is 5. The molecule has 0 saturated heterocycles. The molecule has 1 heterocycles. The number of halogens is 4. The van der Waals surface area contributed by atoms with E-state index in [0.717, 1.165) is 0 Å². The SMILES string of the molecule is Cc1cn(CC(O)(CC(C)(C)c2ccc(F)cc2)C(F)(F)F)c2ccccc2c1=O. The zero-order chi connectivity index (χ0) is 22.3. The molecule has 2 aromatic carbocycles. The summed E-state index contributed by atoms with van der Waals surface area (Å²) in [4.78, 5) is 12.4. The first-order valence-corrected chi connectivity index (χ1v) is 9.48. The molecule has 0 spiro atoms. The summed E-state index contributed by atoms with van der Waals surface area (Å²) in [6, 6.07) is 11.6. The number of aromatic nitrogens is 1. The fraction of sp³-hybridized carbons (Fsp3) is 0.348. The number of pyridine rings is 1. The highest BCUT2D eigenvalue weighted by Crippen LogP contribution is 2.42. The number of hydrogen-bond acceptors (Lipinski definition) is 2. The Bertz CT molecular complexity index is 1120. The number of fused-ring (bicyclic) bond motifs is 1. The van der Waals surface area contributed by atoms with Crippen LogP contribution in [0.5, 0.6) is 0 Å². The summed E-state index contributed by atoms with van der Waals surface area (Å²) in [6.45, 7) is 3.90. The molecule has 0 amide bonds. The number of aliphatic hydroxyl groups is 1. The quantitative estimate of drug-likeness (QED) is 0.582. The van der Waals surface area contributed by atoms with Crippen molar-refractivity contribution in [1.29, 1.82) is 0 Å². The van der Waals surface area contributed by atoms with Gasteiger partial charge in [0.2, 0.25) is 0 Å². The van der Waals surface area contributed by atoms with Crippen LogP contribution in [0.25, 0.3) is 10.9 Å². The molecule has 0 saturated carbocycles. The van der Waals surface area contributed by atoms with Gasteiger partial charge < -0.3 is 9.67 Å². The fourth-order valence-corrected chi connectivity index (χ4v) is 3.88. The van der Waals surface area contributed by atoms with Crippen molar-refractivity contribution in [1.82, 2.24) is 4.57 Å². The van der Waals surface area contributed by atoms with E-state index in [0.29, 0.717) is 16.5 Å². The summed E-state index contributed by atoms with van der Waals surface area (Å²) in [7, 11) is 0. The summed E-state index contributed by atoms with van der Waals surface area (Å²) in [6.07, 6.45) is -4.23. The lowest BCUT2D eigenvalue weighted by molar-refractivity contribution is -0.271. The van der Waals surface area contributed by atoms with E-state index in [1.807, 2.05) is 0 Å². The molecule has 160 valence electrons. The average Bonchev–Trinajstić information content (AvgIpc) is 2.65. The van der Waals surface area contributed by atoms with Gasteiger partial charge in [0.1, 0.15) is 5.82 Å². The van der Waals surface area contributed by atoms with E-state index in [4.69, 9.17) is 0 Å². The number of para-hydroxylation sites is 1. The van der Waals surface area contributed by atoms with Crippen molar-refractivity contribution in [3.05, 3.63) is 81.9 Å². The Morgan fingerprint density at radius 3 is 2.20 bits per heavy atom. The van der Waals surface area contributed by atoms with Gasteiger partial charge in [0, 0.05) is 17.1 Å². The smallest absolute Gasteiger partial charge is 0.379 e. The Hall–Kier alpha value is -2.67. The van der Waals surface area contributed by atoms with Gasteiger partial charge in [-0.15, -0.1) is 0 Å². The van der Waals surface area contributed by atoms with Crippen LogP contribution in [0.2, 0.25) is 0 Å². The molecular weight excluding hydrogens is 398 g/mol. The Morgan fingerprint density at radius 2 is 1.60 bits per heavy atom. The molecule has 1 N–H and O–H groups in total. The van der Waals surface area contributed by atoms with Crippen molar-refractivity contribution in [2.24, 2.45) is 0 Å². The van der Waals surface area contributed by atoms with E-state index in [1.54, 1.807) is 38.1 Å². The number of nitrogens with zero attached hydrogens (tertiary/aromatic N) is 1. The highest BCUT2D eigenvalue weighted by Gasteiger charge is 2.56. The molecule has 3 nitrogen and oxygen atoms in total. The number of alkyl halides is 3. The normalized spacial score (nSPS) is 14.7. The Labute approximate surface area is 171 Å². The van der Waals surface area contributed by atoms with Crippen LogP contribution >= 0.6 is 0 Å². The first kappa shape index (κ1) is 22.0. The molecule has 3 aromatic rings. The maximum absolute atomic E-state index is 14.1. The van der Waals surface area contributed by atoms with E-state index in [9.17, 15) is 27.5 Å². The maximum Gasteiger partial charge on any atom is 0.418 e. The molecule has 0 aliphatic heterocycles. The minimum absolute atomic E-state index is 0.260. The fourth-order valence-electron chi connectivity index (χ4n) is 3.88. The maximum atomic E-state index is 14.1.